The number of methoxy groups -OCH3 is 1. The first-order valence-electron chi connectivity index (χ1n) is 9.26. The summed E-state index contributed by atoms with van der Waals surface area (Å²) in [6.07, 6.45) is 1.14. The van der Waals surface area contributed by atoms with Crippen LogP contribution >= 0.6 is 0 Å². The predicted molar refractivity (Wildman–Crippen MR) is 90.2 cm³/mol. The molecule has 2 saturated heterocycles. The van der Waals surface area contributed by atoms with E-state index in [0.29, 0.717) is 6.61 Å². The van der Waals surface area contributed by atoms with E-state index in [4.69, 9.17) is 28.4 Å². The third-order valence-electron chi connectivity index (χ3n) is 4.48. The number of hydrogen-bond donors (Lipinski definition) is 0. The first-order valence-corrected chi connectivity index (χ1v) is 9.26. The van der Waals surface area contributed by atoms with E-state index >= 15 is 0 Å². The number of unbranched alkanes of at least 4 members (excludes halogenated alkanes) is 3. The highest BCUT2D eigenvalue weighted by atomic mass is 16.8. The molecule has 2 rings (SSSR count). The highest BCUT2D eigenvalue weighted by Crippen LogP contribution is 2.33. The number of fused-ring (bicyclic) bond motifs is 1. The highest BCUT2D eigenvalue weighted by molar-refractivity contribution is 5.67. The van der Waals surface area contributed by atoms with Gasteiger partial charge in [-0.3, -0.25) is 9.59 Å². The van der Waals surface area contributed by atoms with Gasteiger partial charge in [0.05, 0.1) is 6.61 Å². The first-order chi connectivity index (χ1) is 12.5. The Hall–Kier alpha value is -1.22. The van der Waals surface area contributed by atoms with Crippen LogP contribution < -0.4 is 0 Å². The van der Waals surface area contributed by atoms with Crippen molar-refractivity contribution >= 4 is 11.9 Å². The van der Waals surface area contributed by atoms with Crippen molar-refractivity contribution < 1.29 is 38.0 Å². The van der Waals surface area contributed by atoms with Gasteiger partial charge in [0.1, 0.15) is 12.2 Å². The van der Waals surface area contributed by atoms with E-state index in [1.807, 2.05) is 0 Å². The Balaban J connectivity index is 2.09. The fraction of sp³-hybridized carbons (Fsp3) is 0.889. The molecule has 0 aromatic carbocycles. The minimum absolute atomic E-state index is 0.299. The van der Waals surface area contributed by atoms with Gasteiger partial charge in [0.15, 0.2) is 24.8 Å². The number of esters is 2. The molecule has 0 amide bonds. The molecule has 2 heterocycles. The van der Waals surface area contributed by atoms with E-state index in [1.165, 1.54) is 27.4 Å². The Morgan fingerprint density at radius 3 is 2.31 bits per heavy atom. The molecule has 26 heavy (non-hydrogen) atoms. The zero-order valence-corrected chi connectivity index (χ0v) is 16.0. The molecule has 8 nitrogen and oxygen atoms in total. The summed E-state index contributed by atoms with van der Waals surface area (Å²) in [6.45, 7) is 5.04. The minimum Gasteiger partial charge on any atom is -0.455 e. The van der Waals surface area contributed by atoms with E-state index < -0.39 is 48.9 Å². The summed E-state index contributed by atoms with van der Waals surface area (Å²) in [5, 5.41) is 0. The van der Waals surface area contributed by atoms with E-state index in [0.717, 1.165) is 25.7 Å². The lowest BCUT2D eigenvalue weighted by molar-refractivity contribution is -0.357. The fourth-order valence-electron chi connectivity index (χ4n) is 3.32. The molecule has 0 aliphatic carbocycles. The monoisotopic (exact) mass is 374 g/mol. The third-order valence-corrected chi connectivity index (χ3v) is 4.48. The normalized spacial score (nSPS) is 34.0. The molecule has 6 atom stereocenters. The Morgan fingerprint density at radius 1 is 1.00 bits per heavy atom. The van der Waals surface area contributed by atoms with Crippen LogP contribution in [0.2, 0.25) is 0 Å². The van der Waals surface area contributed by atoms with Gasteiger partial charge in [-0.05, 0) is 12.8 Å². The van der Waals surface area contributed by atoms with Crippen LogP contribution in [0.3, 0.4) is 0 Å². The maximum Gasteiger partial charge on any atom is 0.303 e. The largest absolute Gasteiger partial charge is 0.455 e. The summed E-state index contributed by atoms with van der Waals surface area (Å²) >= 11 is 0. The van der Waals surface area contributed by atoms with Crippen molar-refractivity contribution in [2.24, 2.45) is 0 Å². The zero-order valence-electron chi connectivity index (χ0n) is 16.0. The van der Waals surface area contributed by atoms with Crippen LogP contribution in [0.25, 0.3) is 0 Å². The molecule has 2 fully saturated rings. The molecular weight excluding hydrogens is 344 g/mol. The van der Waals surface area contributed by atoms with Crippen molar-refractivity contribution in [3.8, 4) is 0 Å². The van der Waals surface area contributed by atoms with Crippen molar-refractivity contribution in [1.29, 1.82) is 0 Å². The topological polar surface area (TPSA) is 89.5 Å². The summed E-state index contributed by atoms with van der Waals surface area (Å²) < 4.78 is 33.6. The summed E-state index contributed by atoms with van der Waals surface area (Å²) in [5.74, 6) is -1.00. The van der Waals surface area contributed by atoms with Gasteiger partial charge in [0.2, 0.25) is 0 Å². The maximum absolute atomic E-state index is 11.6. The molecule has 1 unspecified atom stereocenters. The molecule has 0 saturated carbocycles. The van der Waals surface area contributed by atoms with Gasteiger partial charge in [-0.15, -0.1) is 0 Å². The minimum atomic E-state index is -0.901. The van der Waals surface area contributed by atoms with Crippen molar-refractivity contribution in [3.05, 3.63) is 0 Å². The van der Waals surface area contributed by atoms with Gasteiger partial charge >= 0.3 is 11.9 Å². The smallest absolute Gasteiger partial charge is 0.303 e. The molecule has 0 aromatic heterocycles. The number of carbonyl (C=O) groups is 2. The van der Waals surface area contributed by atoms with Crippen LogP contribution in [0.5, 0.6) is 0 Å². The van der Waals surface area contributed by atoms with Crippen LogP contribution in [0, 0.1) is 0 Å². The number of ether oxygens (including phenoxy) is 6. The SMILES string of the molecule is CCCCCCC1OC[C@H]2O[C@H](OC)[C@H](OC(C)=O)[C@@H](OC(C)=O)[C@H]2O1. The molecule has 150 valence electrons. The average molecular weight is 374 g/mol. The average Bonchev–Trinajstić information content (AvgIpc) is 2.59. The Morgan fingerprint density at radius 2 is 1.69 bits per heavy atom. The van der Waals surface area contributed by atoms with Crippen LogP contribution in [0.15, 0.2) is 0 Å². The van der Waals surface area contributed by atoms with Crippen molar-refractivity contribution in [2.75, 3.05) is 13.7 Å². The Kier molecular flexibility index (Phi) is 8.27. The second-order valence-electron chi connectivity index (χ2n) is 6.64. The molecule has 8 heteroatoms. The van der Waals surface area contributed by atoms with Gasteiger partial charge in [0.25, 0.3) is 0 Å². The van der Waals surface area contributed by atoms with Gasteiger partial charge in [-0.2, -0.15) is 0 Å². The van der Waals surface area contributed by atoms with E-state index in [-0.39, 0.29) is 0 Å². The lowest BCUT2D eigenvalue weighted by Gasteiger charge is -2.47. The summed E-state index contributed by atoms with van der Waals surface area (Å²) in [6, 6.07) is 0. The maximum atomic E-state index is 11.6. The van der Waals surface area contributed by atoms with Crippen molar-refractivity contribution in [2.45, 2.75) is 89.9 Å². The van der Waals surface area contributed by atoms with Crippen molar-refractivity contribution in [3.63, 3.8) is 0 Å². The predicted octanol–water partition coefficient (Wildman–Crippen LogP) is 1.93. The van der Waals surface area contributed by atoms with E-state index in [1.54, 1.807) is 0 Å². The van der Waals surface area contributed by atoms with Crippen molar-refractivity contribution in [1.82, 2.24) is 0 Å². The van der Waals surface area contributed by atoms with Gasteiger partial charge in [0, 0.05) is 21.0 Å². The molecule has 0 spiro atoms. The van der Waals surface area contributed by atoms with Gasteiger partial charge in [-0.1, -0.05) is 26.2 Å². The van der Waals surface area contributed by atoms with Gasteiger partial charge < -0.3 is 28.4 Å². The van der Waals surface area contributed by atoms with Gasteiger partial charge in [-0.25, -0.2) is 0 Å². The van der Waals surface area contributed by atoms with E-state index in [9.17, 15) is 9.59 Å². The quantitative estimate of drug-likeness (QED) is 0.470. The number of rotatable bonds is 8. The van der Waals surface area contributed by atoms with Crippen LogP contribution in [-0.2, 0) is 38.0 Å². The molecule has 0 aromatic rings. The highest BCUT2D eigenvalue weighted by Gasteiger charge is 2.53. The summed E-state index contributed by atoms with van der Waals surface area (Å²) in [5.41, 5.74) is 0. The van der Waals surface area contributed by atoms with E-state index in [2.05, 4.69) is 6.92 Å². The summed E-state index contributed by atoms with van der Waals surface area (Å²) in [7, 11) is 1.44. The standard InChI is InChI=1S/C18H30O8/c1-5-6-7-8-9-14-22-10-13-15(26-14)16(23-11(2)19)17(24-12(3)20)18(21-4)25-13/h13-18H,5-10H2,1-4H3/t13-,14?,15+,16+,17-,18+/m1/s1. The third kappa shape index (κ3) is 5.64. The molecule has 0 radical (unpaired) electrons. The molecule has 0 bridgehead atoms. The second kappa shape index (κ2) is 10.2. The molecular formula is C18H30O8. The second-order valence-corrected chi connectivity index (χ2v) is 6.64. The first kappa shape index (κ1) is 21.1. The van der Waals surface area contributed by atoms with Crippen LogP contribution in [0.1, 0.15) is 52.9 Å². The number of carbonyl (C=O) groups excluding carboxylic acids is 2. The molecule has 2 aliphatic heterocycles. The Labute approximate surface area is 154 Å². The number of hydrogen-bond acceptors (Lipinski definition) is 8. The molecule has 2 aliphatic rings. The van der Waals surface area contributed by atoms with Crippen LogP contribution in [-0.4, -0.2) is 62.7 Å². The summed E-state index contributed by atoms with van der Waals surface area (Å²) in [4.78, 5) is 23.1. The fourth-order valence-corrected chi connectivity index (χ4v) is 3.32. The molecule has 0 N–H and O–H groups in total. The van der Waals surface area contributed by atoms with Crippen LogP contribution in [0.4, 0.5) is 0 Å². The lowest BCUT2D eigenvalue weighted by Crippen LogP contribution is -2.64. The lowest BCUT2D eigenvalue weighted by atomic mass is 9.97. The Bertz CT molecular complexity index is 468. The zero-order chi connectivity index (χ0) is 19.1.